The molecule has 0 aliphatic carbocycles. The zero-order chi connectivity index (χ0) is 28.6. The fraction of sp³-hybridized carbons (Fsp3) is 0.212. The van der Waals surface area contributed by atoms with E-state index in [0.29, 0.717) is 66.5 Å². The minimum Gasteiger partial charge on any atom is -0.489 e. The second-order valence-electron chi connectivity index (χ2n) is 8.57. The van der Waals surface area contributed by atoms with Crippen LogP contribution in [0.1, 0.15) is 16.7 Å². The summed E-state index contributed by atoms with van der Waals surface area (Å²) >= 11 is 0. The first-order valence-corrected chi connectivity index (χ1v) is 12.8. The maximum absolute atomic E-state index is 9.82. The van der Waals surface area contributed by atoms with Gasteiger partial charge in [-0.2, -0.15) is 0 Å². The predicted octanol–water partition coefficient (Wildman–Crippen LogP) is 6.60. The van der Waals surface area contributed by atoms with Gasteiger partial charge in [0, 0.05) is 18.2 Å². The van der Waals surface area contributed by atoms with Crippen molar-refractivity contribution in [2.45, 2.75) is 19.8 Å². The highest BCUT2D eigenvalue weighted by Gasteiger charge is 2.09. The van der Waals surface area contributed by atoms with E-state index in [2.05, 4.69) is 26.3 Å². The molecule has 1 N–H and O–H groups in total. The summed E-state index contributed by atoms with van der Waals surface area (Å²) in [4.78, 5) is 0. The molecule has 3 rings (SSSR count). The minimum absolute atomic E-state index is 0.164. The van der Waals surface area contributed by atoms with Gasteiger partial charge in [0.15, 0.2) is 0 Å². The highest BCUT2D eigenvalue weighted by molar-refractivity contribution is 5.42. The van der Waals surface area contributed by atoms with Gasteiger partial charge >= 0.3 is 0 Å². The van der Waals surface area contributed by atoms with Crippen LogP contribution >= 0.6 is 0 Å². The number of rotatable bonds is 19. The summed E-state index contributed by atoms with van der Waals surface area (Å²) in [5.74, 6) is 3.66. The van der Waals surface area contributed by atoms with Crippen LogP contribution in [0.2, 0.25) is 0 Å². The van der Waals surface area contributed by atoms with Crippen molar-refractivity contribution in [3.8, 4) is 34.5 Å². The van der Waals surface area contributed by atoms with E-state index in [4.69, 9.17) is 28.4 Å². The number of ether oxygens (including phenoxy) is 6. The van der Waals surface area contributed by atoms with Crippen LogP contribution in [0.25, 0.3) is 0 Å². The normalized spacial score (nSPS) is 10.2. The van der Waals surface area contributed by atoms with Gasteiger partial charge in [-0.05, 0) is 53.1 Å². The molecule has 0 atom stereocenters. The molecule has 0 saturated carbocycles. The molecule has 40 heavy (non-hydrogen) atoms. The Morgan fingerprint density at radius 2 is 0.700 bits per heavy atom. The fourth-order valence-corrected chi connectivity index (χ4v) is 3.60. The molecule has 0 fully saturated rings. The van der Waals surface area contributed by atoms with Gasteiger partial charge in [0.05, 0.1) is 6.61 Å². The summed E-state index contributed by atoms with van der Waals surface area (Å²) in [7, 11) is 0. The van der Waals surface area contributed by atoms with Crippen LogP contribution in [0.4, 0.5) is 0 Å². The van der Waals surface area contributed by atoms with Gasteiger partial charge in [0.25, 0.3) is 0 Å². The molecule has 0 aromatic heterocycles. The molecule has 0 aliphatic rings. The molecule has 7 heteroatoms. The lowest BCUT2D eigenvalue weighted by Crippen LogP contribution is -2.02. The largest absolute Gasteiger partial charge is 0.489 e. The van der Waals surface area contributed by atoms with Crippen molar-refractivity contribution in [3.05, 3.63) is 122 Å². The van der Waals surface area contributed by atoms with Gasteiger partial charge in [-0.3, -0.25) is 0 Å². The highest BCUT2D eigenvalue weighted by atomic mass is 16.5. The summed E-state index contributed by atoms with van der Waals surface area (Å²) in [6, 6.07) is 16.4. The van der Waals surface area contributed by atoms with Crippen LogP contribution in [-0.2, 0) is 19.8 Å². The molecule has 0 radical (unpaired) electrons. The van der Waals surface area contributed by atoms with Gasteiger partial charge in [-0.1, -0.05) is 50.6 Å². The second-order valence-corrected chi connectivity index (χ2v) is 8.57. The van der Waals surface area contributed by atoms with E-state index in [1.54, 1.807) is 54.6 Å². The van der Waals surface area contributed by atoms with E-state index < -0.39 is 0 Å². The Morgan fingerprint density at radius 1 is 0.425 bits per heavy atom. The van der Waals surface area contributed by atoms with Crippen molar-refractivity contribution in [2.75, 3.05) is 26.4 Å². The monoisotopic (exact) mass is 544 g/mol. The quantitative estimate of drug-likeness (QED) is 0.171. The van der Waals surface area contributed by atoms with Crippen molar-refractivity contribution in [2.24, 2.45) is 0 Å². The van der Waals surface area contributed by atoms with E-state index in [1.165, 1.54) is 0 Å². The zero-order valence-corrected chi connectivity index (χ0v) is 22.7. The summed E-state index contributed by atoms with van der Waals surface area (Å²) < 4.78 is 34.9. The molecule has 0 amide bonds. The lowest BCUT2D eigenvalue weighted by Gasteiger charge is -2.15. The van der Waals surface area contributed by atoms with Crippen molar-refractivity contribution in [1.82, 2.24) is 0 Å². The number of aliphatic hydroxyl groups excluding tert-OH is 1. The summed E-state index contributed by atoms with van der Waals surface area (Å²) in [5, 5.41) is 9.82. The molecule has 0 heterocycles. The number of hydrogen-bond acceptors (Lipinski definition) is 7. The zero-order valence-electron chi connectivity index (χ0n) is 22.7. The molecule has 3 aromatic carbocycles. The lowest BCUT2D eigenvalue weighted by molar-refractivity contribution is 0.270. The lowest BCUT2D eigenvalue weighted by atomic mass is 10.2. The van der Waals surface area contributed by atoms with Crippen LogP contribution in [0, 0.1) is 0 Å². The first kappa shape index (κ1) is 29.9. The van der Waals surface area contributed by atoms with E-state index >= 15 is 0 Å². The van der Waals surface area contributed by atoms with Crippen LogP contribution in [0.15, 0.2) is 105 Å². The van der Waals surface area contributed by atoms with Gasteiger partial charge in [0.1, 0.15) is 74.1 Å². The summed E-state index contributed by atoms with van der Waals surface area (Å²) in [6.07, 6.45) is 6.70. The van der Waals surface area contributed by atoms with E-state index in [9.17, 15) is 5.11 Å². The second kappa shape index (κ2) is 16.4. The molecule has 0 spiro atoms. The molecular formula is C33H36O7. The predicted molar refractivity (Wildman–Crippen MR) is 157 cm³/mol. The third-order valence-corrected chi connectivity index (χ3v) is 5.28. The molecule has 0 aliphatic heterocycles. The van der Waals surface area contributed by atoms with Crippen molar-refractivity contribution < 1.29 is 33.5 Å². The molecule has 0 saturated heterocycles. The van der Waals surface area contributed by atoms with Crippen LogP contribution in [-0.4, -0.2) is 31.5 Å². The molecule has 210 valence electrons. The van der Waals surface area contributed by atoms with Crippen LogP contribution in [0.3, 0.4) is 0 Å². The average molecular weight is 545 g/mol. The molecule has 3 aromatic rings. The number of aliphatic hydroxyl groups is 1. The van der Waals surface area contributed by atoms with Gasteiger partial charge in [-0.25, -0.2) is 0 Å². The van der Waals surface area contributed by atoms with Gasteiger partial charge in [-0.15, -0.1) is 0 Å². The van der Waals surface area contributed by atoms with Gasteiger partial charge < -0.3 is 33.5 Å². The Kier molecular flexibility index (Phi) is 12.2. The average Bonchev–Trinajstić information content (AvgIpc) is 2.98. The third-order valence-electron chi connectivity index (χ3n) is 5.28. The smallest absolute Gasteiger partial charge is 0.123 e. The van der Waals surface area contributed by atoms with E-state index in [1.807, 2.05) is 24.3 Å². The number of hydrogen-bond donors (Lipinski definition) is 1. The van der Waals surface area contributed by atoms with E-state index in [0.717, 1.165) is 11.1 Å². The summed E-state index contributed by atoms with van der Waals surface area (Å²) in [5.41, 5.74) is 2.35. The minimum atomic E-state index is -0.164. The summed E-state index contributed by atoms with van der Waals surface area (Å²) in [6.45, 7) is 16.6. The molecular weight excluding hydrogens is 508 g/mol. The first-order chi connectivity index (χ1) is 19.6. The molecule has 0 bridgehead atoms. The maximum Gasteiger partial charge on any atom is 0.123 e. The Balaban J connectivity index is 1.74. The van der Waals surface area contributed by atoms with Crippen molar-refractivity contribution in [3.63, 3.8) is 0 Å². The number of benzene rings is 3. The highest BCUT2D eigenvalue weighted by Crippen LogP contribution is 2.29. The topological polar surface area (TPSA) is 75.6 Å². The standard InChI is InChI=1S/C33H36O7/c1-5-9-35-28-15-26(16-29(19-28)36-10-6-2)23-39-32-13-25(22-34)14-33(21-32)40-24-27-17-30(37-11-7-3)20-31(18-27)38-12-8-4/h5-8,13-21,34H,1-4,9-12,22-24H2. The molecule has 0 unspecified atom stereocenters. The Morgan fingerprint density at radius 3 is 0.975 bits per heavy atom. The fourth-order valence-electron chi connectivity index (χ4n) is 3.60. The first-order valence-electron chi connectivity index (χ1n) is 12.8. The Labute approximate surface area is 236 Å². The van der Waals surface area contributed by atoms with Crippen molar-refractivity contribution >= 4 is 0 Å². The van der Waals surface area contributed by atoms with Crippen LogP contribution < -0.4 is 28.4 Å². The van der Waals surface area contributed by atoms with Crippen molar-refractivity contribution in [1.29, 1.82) is 0 Å². The van der Waals surface area contributed by atoms with Crippen LogP contribution in [0.5, 0.6) is 34.5 Å². The third kappa shape index (κ3) is 9.93. The van der Waals surface area contributed by atoms with Gasteiger partial charge in [0.2, 0.25) is 0 Å². The van der Waals surface area contributed by atoms with E-state index in [-0.39, 0.29) is 19.8 Å². The Bertz CT molecular complexity index is 1130. The maximum atomic E-state index is 9.82. The Hall–Kier alpha value is -4.62. The SMILES string of the molecule is C=CCOc1cc(COc2cc(CO)cc(OCc3cc(OCC=C)cc(OCC=C)c3)c2)cc(OCC=C)c1. The molecule has 7 nitrogen and oxygen atoms in total.